The van der Waals surface area contributed by atoms with Crippen LogP contribution in [0.5, 0.6) is 0 Å². The summed E-state index contributed by atoms with van der Waals surface area (Å²) in [6, 6.07) is -0.277. The number of nitrogens with one attached hydrogen (secondary N) is 1. The maximum Gasteiger partial charge on any atom is 0.245 e. The SMILES string of the molecule is CC(NC(=O)C(C)(C)C)C(=O)N1CC(CN)CC1C.Cl. The van der Waals surface area contributed by atoms with E-state index < -0.39 is 11.5 Å². The minimum atomic E-state index is -0.481. The highest BCUT2D eigenvalue weighted by Gasteiger charge is 2.35. The Hall–Kier alpha value is -0.810. The molecule has 5 nitrogen and oxygen atoms in total. The molecule has 0 aromatic carbocycles. The number of likely N-dealkylation sites (tertiary alicyclic amines) is 1. The molecule has 0 aliphatic carbocycles. The van der Waals surface area contributed by atoms with E-state index in [4.69, 9.17) is 5.73 Å². The summed E-state index contributed by atoms with van der Waals surface area (Å²) in [6.07, 6.45) is 0.947. The molecular weight excluding hydrogens is 278 g/mol. The Balaban J connectivity index is 0.00000361. The lowest BCUT2D eigenvalue weighted by atomic mass is 9.95. The molecule has 0 bridgehead atoms. The molecule has 3 atom stereocenters. The third kappa shape index (κ3) is 4.63. The molecule has 3 unspecified atom stereocenters. The summed E-state index contributed by atoms with van der Waals surface area (Å²) in [5.74, 6) is 0.265. The fraction of sp³-hybridized carbons (Fsp3) is 0.857. The van der Waals surface area contributed by atoms with Gasteiger partial charge in [-0.25, -0.2) is 0 Å². The molecule has 1 rings (SSSR count). The molecule has 0 spiro atoms. The molecule has 0 saturated carbocycles. The number of hydrogen-bond donors (Lipinski definition) is 2. The number of hydrogen-bond acceptors (Lipinski definition) is 3. The highest BCUT2D eigenvalue weighted by atomic mass is 35.5. The summed E-state index contributed by atoms with van der Waals surface area (Å²) >= 11 is 0. The molecule has 20 heavy (non-hydrogen) atoms. The Morgan fingerprint density at radius 2 is 1.95 bits per heavy atom. The average molecular weight is 306 g/mol. The molecule has 0 aromatic heterocycles. The van der Waals surface area contributed by atoms with Crippen molar-refractivity contribution in [2.45, 2.75) is 53.1 Å². The van der Waals surface area contributed by atoms with E-state index in [2.05, 4.69) is 5.32 Å². The maximum absolute atomic E-state index is 12.4. The third-order valence-electron chi connectivity index (χ3n) is 3.68. The Labute approximate surface area is 128 Å². The topological polar surface area (TPSA) is 75.4 Å². The van der Waals surface area contributed by atoms with Crippen LogP contribution in [0.25, 0.3) is 0 Å². The number of rotatable bonds is 3. The van der Waals surface area contributed by atoms with Gasteiger partial charge in [-0.15, -0.1) is 12.4 Å². The molecule has 1 saturated heterocycles. The van der Waals surface area contributed by atoms with Crippen LogP contribution in [0.1, 0.15) is 41.0 Å². The Kier molecular flexibility index (Phi) is 6.98. The van der Waals surface area contributed by atoms with Crippen molar-refractivity contribution >= 4 is 24.2 Å². The van der Waals surface area contributed by atoms with Gasteiger partial charge in [0.1, 0.15) is 6.04 Å². The van der Waals surface area contributed by atoms with Crippen LogP contribution in [-0.4, -0.2) is 41.9 Å². The van der Waals surface area contributed by atoms with E-state index in [9.17, 15) is 9.59 Å². The predicted molar refractivity (Wildman–Crippen MR) is 82.6 cm³/mol. The number of nitrogens with zero attached hydrogens (tertiary/aromatic N) is 1. The molecule has 6 heteroatoms. The molecule has 2 amide bonds. The summed E-state index contributed by atoms with van der Waals surface area (Å²) in [4.78, 5) is 26.1. The zero-order valence-corrected chi connectivity index (χ0v) is 13.9. The van der Waals surface area contributed by atoms with Gasteiger partial charge in [-0.05, 0) is 32.7 Å². The molecule has 0 radical (unpaired) electrons. The van der Waals surface area contributed by atoms with Crippen LogP contribution < -0.4 is 11.1 Å². The van der Waals surface area contributed by atoms with Crippen LogP contribution in [0, 0.1) is 11.3 Å². The van der Waals surface area contributed by atoms with Gasteiger partial charge in [-0.3, -0.25) is 9.59 Å². The van der Waals surface area contributed by atoms with Crippen molar-refractivity contribution in [1.29, 1.82) is 0 Å². The summed E-state index contributed by atoms with van der Waals surface area (Å²) < 4.78 is 0. The fourth-order valence-corrected chi connectivity index (χ4v) is 2.34. The van der Waals surface area contributed by atoms with Gasteiger partial charge in [0.05, 0.1) is 0 Å². The quantitative estimate of drug-likeness (QED) is 0.821. The van der Waals surface area contributed by atoms with E-state index in [1.807, 2.05) is 32.6 Å². The monoisotopic (exact) mass is 305 g/mol. The number of amides is 2. The summed E-state index contributed by atoms with van der Waals surface area (Å²) in [5, 5.41) is 2.79. The number of carbonyl (C=O) groups excluding carboxylic acids is 2. The largest absolute Gasteiger partial charge is 0.344 e. The van der Waals surface area contributed by atoms with E-state index in [1.54, 1.807) is 6.92 Å². The molecule has 3 N–H and O–H groups in total. The first-order valence-corrected chi connectivity index (χ1v) is 6.98. The van der Waals surface area contributed by atoms with E-state index in [1.165, 1.54) is 0 Å². The van der Waals surface area contributed by atoms with E-state index in [-0.39, 0.29) is 30.3 Å². The first kappa shape index (κ1) is 19.2. The van der Waals surface area contributed by atoms with Crippen LogP contribution in [0.2, 0.25) is 0 Å². The Bertz CT molecular complexity index is 355. The van der Waals surface area contributed by atoms with Crippen molar-refractivity contribution in [1.82, 2.24) is 10.2 Å². The van der Waals surface area contributed by atoms with E-state index in [0.29, 0.717) is 19.0 Å². The molecule has 1 fully saturated rings. The Morgan fingerprint density at radius 3 is 2.35 bits per heavy atom. The van der Waals surface area contributed by atoms with Gasteiger partial charge >= 0.3 is 0 Å². The summed E-state index contributed by atoms with van der Waals surface area (Å²) in [6.45, 7) is 10.6. The zero-order valence-electron chi connectivity index (χ0n) is 13.1. The van der Waals surface area contributed by atoms with Gasteiger partial charge in [-0.1, -0.05) is 20.8 Å². The van der Waals surface area contributed by atoms with Crippen LogP contribution in [0.4, 0.5) is 0 Å². The van der Waals surface area contributed by atoms with E-state index >= 15 is 0 Å². The van der Waals surface area contributed by atoms with Gasteiger partial charge in [0.2, 0.25) is 11.8 Å². The van der Waals surface area contributed by atoms with Crippen molar-refractivity contribution < 1.29 is 9.59 Å². The van der Waals surface area contributed by atoms with E-state index in [0.717, 1.165) is 6.42 Å². The van der Waals surface area contributed by atoms with Crippen LogP contribution >= 0.6 is 12.4 Å². The number of halogens is 1. The second-order valence-corrected chi connectivity index (χ2v) is 6.62. The standard InChI is InChI=1S/C14H27N3O2.ClH/c1-9-6-11(7-15)8-17(9)12(18)10(2)16-13(19)14(3,4)5;/h9-11H,6-8,15H2,1-5H3,(H,16,19);1H. The fourth-order valence-electron chi connectivity index (χ4n) is 2.34. The van der Waals surface area contributed by atoms with Crippen molar-refractivity contribution in [2.24, 2.45) is 17.1 Å². The second kappa shape index (κ2) is 7.27. The highest BCUT2D eigenvalue weighted by molar-refractivity contribution is 5.89. The molecule has 1 heterocycles. The van der Waals surface area contributed by atoms with Crippen LogP contribution in [0.15, 0.2) is 0 Å². The van der Waals surface area contributed by atoms with Gasteiger partial charge < -0.3 is 16.0 Å². The summed E-state index contributed by atoms with van der Waals surface area (Å²) in [7, 11) is 0. The van der Waals surface area contributed by atoms with Gasteiger partial charge in [0, 0.05) is 18.0 Å². The predicted octanol–water partition coefficient (Wildman–Crippen LogP) is 1.15. The molecule has 118 valence electrons. The van der Waals surface area contributed by atoms with Gasteiger partial charge in [0.15, 0.2) is 0 Å². The number of carbonyl (C=O) groups is 2. The van der Waals surface area contributed by atoms with Crippen molar-refractivity contribution in [3.63, 3.8) is 0 Å². The molecular formula is C14H28ClN3O2. The lowest BCUT2D eigenvalue weighted by Crippen LogP contribution is -2.50. The minimum Gasteiger partial charge on any atom is -0.344 e. The molecule has 0 aromatic rings. The number of nitrogens with two attached hydrogens (primary N) is 1. The van der Waals surface area contributed by atoms with Crippen LogP contribution in [-0.2, 0) is 9.59 Å². The molecule has 1 aliphatic rings. The van der Waals surface area contributed by atoms with Crippen LogP contribution in [0.3, 0.4) is 0 Å². The lowest BCUT2D eigenvalue weighted by Gasteiger charge is -2.27. The maximum atomic E-state index is 12.4. The minimum absolute atomic E-state index is 0. The normalized spacial score (nSPS) is 24.0. The third-order valence-corrected chi connectivity index (χ3v) is 3.68. The van der Waals surface area contributed by atoms with Crippen molar-refractivity contribution in [2.75, 3.05) is 13.1 Å². The first-order chi connectivity index (χ1) is 8.66. The van der Waals surface area contributed by atoms with Crippen molar-refractivity contribution in [3.05, 3.63) is 0 Å². The molecule has 1 aliphatic heterocycles. The second-order valence-electron chi connectivity index (χ2n) is 6.62. The first-order valence-electron chi connectivity index (χ1n) is 6.98. The van der Waals surface area contributed by atoms with Gasteiger partial charge in [-0.2, -0.15) is 0 Å². The summed E-state index contributed by atoms with van der Waals surface area (Å²) in [5.41, 5.74) is 5.18. The van der Waals surface area contributed by atoms with Gasteiger partial charge in [0.25, 0.3) is 0 Å². The Morgan fingerprint density at radius 1 is 1.40 bits per heavy atom. The lowest BCUT2D eigenvalue weighted by molar-refractivity contribution is -0.138. The zero-order chi connectivity index (χ0) is 14.8. The average Bonchev–Trinajstić information content (AvgIpc) is 2.68. The van der Waals surface area contributed by atoms with Crippen molar-refractivity contribution in [3.8, 4) is 0 Å². The smallest absolute Gasteiger partial charge is 0.245 e. The highest BCUT2D eigenvalue weighted by Crippen LogP contribution is 2.23.